The van der Waals surface area contributed by atoms with Gasteiger partial charge in [-0.1, -0.05) is 24.4 Å². The molecule has 3 rings (SSSR count). The molecular weight excluding hydrogens is 258 g/mol. The number of ether oxygens (including phenoxy) is 2. The first kappa shape index (κ1) is 14.0. The molecule has 20 heavy (non-hydrogen) atoms. The minimum absolute atomic E-state index is 0.111. The van der Waals surface area contributed by atoms with Crippen LogP contribution in [0.25, 0.3) is 0 Å². The van der Waals surface area contributed by atoms with Crippen molar-refractivity contribution in [3.05, 3.63) is 11.7 Å². The van der Waals surface area contributed by atoms with E-state index in [9.17, 15) is 0 Å². The van der Waals surface area contributed by atoms with Gasteiger partial charge in [-0.05, 0) is 19.8 Å². The highest BCUT2D eigenvalue weighted by Gasteiger charge is 2.46. The van der Waals surface area contributed by atoms with Gasteiger partial charge in [0.1, 0.15) is 5.60 Å². The van der Waals surface area contributed by atoms with E-state index >= 15 is 0 Å². The fraction of sp³-hybridized carbons (Fsp3) is 0.857. The molecule has 1 aliphatic heterocycles. The molecule has 6 heteroatoms. The average molecular weight is 281 g/mol. The first-order valence-electron chi connectivity index (χ1n) is 7.34. The molecule has 1 aromatic rings. The number of nitrogens with zero attached hydrogens (tertiary/aromatic N) is 2. The van der Waals surface area contributed by atoms with E-state index in [1.807, 2.05) is 6.92 Å². The molecule has 0 aromatic carbocycles. The quantitative estimate of drug-likeness (QED) is 0.903. The van der Waals surface area contributed by atoms with Crippen molar-refractivity contribution in [1.29, 1.82) is 0 Å². The molecule has 0 spiro atoms. The third kappa shape index (κ3) is 2.06. The van der Waals surface area contributed by atoms with Crippen LogP contribution in [0, 0.1) is 0 Å². The molecule has 0 bridgehead atoms. The first-order chi connectivity index (χ1) is 9.61. The third-order valence-electron chi connectivity index (χ3n) is 4.89. The summed E-state index contributed by atoms with van der Waals surface area (Å²) >= 11 is 0. The summed E-state index contributed by atoms with van der Waals surface area (Å²) in [5, 5.41) is 4.18. The van der Waals surface area contributed by atoms with Crippen LogP contribution in [0.3, 0.4) is 0 Å². The summed E-state index contributed by atoms with van der Waals surface area (Å²) < 4.78 is 16.7. The molecule has 0 amide bonds. The Bertz CT molecular complexity index is 470. The second-order valence-electron chi connectivity index (χ2n) is 6.22. The molecule has 1 saturated heterocycles. The lowest BCUT2D eigenvalue weighted by Gasteiger charge is -2.32. The van der Waals surface area contributed by atoms with E-state index in [0.29, 0.717) is 24.9 Å². The molecule has 2 unspecified atom stereocenters. The Kier molecular flexibility index (Phi) is 3.56. The summed E-state index contributed by atoms with van der Waals surface area (Å²) in [7, 11) is 1.73. The van der Waals surface area contributed by atoms with E-state index in [-0.39, 0.29) is 11.6 Å². The highest BCUT2D eigenvalue weighted by molar-refractivity contribution is 5.14. The molecule has 2 atom stereocenters. The van der Waals surface area contributed by atoms with E-state index in [4.69, 9.17) is 19.7 Å². The summed E-state index contributed by atoms with van der Waals surface area (Å²) in [6.45, 7) is 3.07. The van der Waals surface area contributed by atoms with Crippen molar-refractivity contribution in [2.24, 2.45) is 5.73 Å². The minimum Gasteiger partial charge on any atom is -0.379 e. The van der Waals surface area contributed by atoms with Crippen LogP contribution in [0.5, 0.6) is 0 Å². The Morgan fingerprint density at radius 2 is 2.05 bits per heavy atom. The number of hydrogen-bond acceptors (Lipinski definition) is 6. The van der Waals surface area contributed by atoms with Gasteiger partial charge in [0.2, 0.25) is 11.7 Å². The number of nitrogens with two attached hydrogens (primary N) is 1. The Morgan fingerprint density at radius 1 is 1.30 bits per heavy atom. The lowest BCUT2D eigenvalue weighted by atomic mass is 9.83. The molecule has 1 aromatic heterocycles. The topological polar surface area (TPSA) is 83.4 Å². The van der Waals surface area contributed by atoms with Crippen LogP contribution in [0.1, 0.15) is 50.7 Å². The Hall–Kier alpha value is -0.980. The van der Waals surface area contributed by atoms with Crippen LogP contribution in [-0.4, -0.2) is 36.5 Å². The highest BCUT2D eigenvalue weighted by atomic mass is 16.5. The zero-order valence-corrected chi connectivity index (χ0v) is 12.2. The average Bonchev–Trinajstić information content (AvgIpc) is 3.09. The largest absolute Gasteiger partial charge is 0.379 e. The van der Waals surface area contributed by atoms with E-state index in [2.05, 4.69) is 10.1 Å². The molecule has 2 fully saturated rings. The van der Waals surface area contributed by atoms with Gasteiger partial charge in [0.25, 0.3) is 0 Å². The maximum atomic E-state index is 6.11. The summed E-state index contributed by atoms with van der Waals surface area (Å²) in [5.74, 6) is 1.23. The zero-order chi connectivity index (χ0) is 14.2. The van der Waals surface area contributed by atoms with E-state index in [0.717, 1.165) is 25.7 Å². The van der Waals surface area contributed by atoms with E-state index in [1.165, 1.54) is 6.42 Å². The van der Waals surface area contributed by atoms with Crippen LogP contribution >= 0.6 is 0 Å². The van der Waals surface area contributed by atoms with Gasteiger partial charge >= 0.3 is 0 Å². The molecule has 2 N–H and O–H groups in total. The lowest BCUT2D eigenvalue weighted by Crippen LogP contribution is -2.42. The zero-order valence-electron chi connectivity index (χ0n) is 12.2. The smallest absolute Gasteiger partial charge is 0.236 e. The van der Waals surface area contributed by atoms with Gasteiger partial charge in [-0.3, -0.25) is 0 Å². The SMILES string of the molecule is COC1(c2noc(C3(C)COCC3N)n2)CCCCC1. The maximum absolute atomic E-state index is 6.11. The number of rotatable bonds is 3. The van der Waals surface area contributed by atoms with Crippen LogP contribution < -0.4 is 5.73 Å². The van der Waals surface area contributed by atoms with Crippen LogP contribution in [0.4, 0.5) is 0 Å². The molecule has 2 heterocycles. The van der Waals surface area contributed by atoms with Crippen molar-refractivity contribution >= 4 is 0 Å². The van der Waals surface area contributed by atoms with Crippen LogP contribution in [-0.2, 0) is 20.5 Å². The normalized spacial score (nSPS) is 33.5. The second-order valence-corrected chi connectivity index (χ2v) is 6.22. The number of aromatic nitrogens is 2. The first-order valence-corrected chi connectivity index (χ1v) is 7.34. The summed E-state index contributed by atoms with van der Waals surface area (Å²) in [6, 6.07) is -0.111. The fourth-order valence-corrected chi connectivity index (χ4v) is 3.19. The van der Waals surface area contributed by atoms with Gasteiger partial charge in [-0.25, -0.2) is 0 Å². The molecule has 6 nitrogen and oxygen atoms in total. The molecule has 2 aliphatic rings. The van der Waals surface area contributed by atoms with Crippen molar-refractivity contribution in [3.63, 3.8) is 0 Å². The van der Waals surface area contributed by atoms with E-state index < -0.39 is 5.41 Å². The molecule has 1 saturated carbocycles. The number of hydrogen-bond donors (Lipinski definition) is 1. The fourth-order valence-electron chi connectivity index (χ4n) is 3.19. The van der Waals surface area contributed by atoms with Crippen molar-refractivity contribution in [2.45, 2.75) is 56.1 Å². The monoisotopic (exact) mass is 281 g/mol. The second kappa shape index (κ2) is 5.09. The summed E-state index contributed by atoms with van der Waals surface area (Å²) in [5.41, 5.74) is 5.33. The van der Waals surface area contributed by atoms with Crippen molar-refractivity contribution in [3.8, 4) is 0 Å². The van der Waals surface area contributed by atoms with Gasteiger partial charge in [-0.2, -0.15) is 4.98 Å². The van der Waals surface area contributed by atoms with Crippen LogP contribution in [0.15, 0.2) is 4.52 Å². The lowest BCUT2D eigenvalue weighted by molar-refractivity contribution is -0.0527. The van der Waals surface area contributed by atoms with Crippen molar-refractivity contribution in [2.75, 3.05) is 20.3 Å². The van der Waals surface area contributed by atoms with E-state index in [1.54, 1.807) is 7.11 Å². The van der Waals surface area contributed by atoms with Gasteiger partial charge in [0.15, 0.2) is 0 Å². The maximum Gasteiger partial charge on any atom is 0.236 e. The Labute approximate surface area is 119 Å². The standard InChI is InChI=1S/C14H23N3O3/c1-13(9-19-8-10(13)15)12-16-11(17-20-12)14(18-2)6-4-3-5-7-14/h10H,3-9,15H2,1-2H3. The Morgan fingerprint density at radius 3 is 2.65 bits per heavy atom. The van der Waals surface area contributed by atoms with Gasteiger partial charge < -0.3 is 19.7 Å². The predicted molar refractivity (Wildman–Crippen MR) is 72.2 cm³/mol. The van der Waals surface area contributed by atoms with Crippen molar-refractivity contribution < 1.29 is 14.0 Å². The molecule has 1 aliphatic carbocycles. The molecule has 112 valence electrons. The van der Waals surface area contributed by atoms with Gasteiger partial charge in [0, 0.05) is 13.2 Å². The predicted octanol–water partition coefficient (Wildman–Crippen LogP) is 1.49. The summed E-state index contributed by atoms with van der Waals surface area (Å²) in [6.07, 6.45) is 5.41. The van der Waals surface area contributed by atoms with Gasteiger partial charge in [0.05, 0.1) is 18.6 Å². The number of methoxy groups -OCH3 is 1. The minimum atomic E-state index is -0.394. The molecular formula is C14H23N3O3. The summed E-state index contributed by atoms with van der Waals surface area (Å²) in [4.78, 5) is 4.62. The molecule has 0 radical (unpaired) electrons. The van der Waals surface area contributed by atoms with Crippen LogP contribution in [0.2, 0.25) is 0 Å². The third-order valence-corrected chi connectivity index (χ3v) is 4.89. The highest BCUT2D eigenvalue weighted by Crippen LogP contribution is 2.40. The Balaban J connectivity index is 1.89. The van der Waals surface area contributed by atoms with Crippen molar-refractivity contribution in [1.82, 2.24) is 10.1 Å². The van der Waals surface area contributed by atoms with Gasteiger partial charge in [-0.15, -0.1) is 0 Å².